The molecule has 21 nitrogen and oxygen atoms in total. The van der Waals surface area contributed by atoms with Crippen LogP contribution in [0.5, 0.6) is 0 Å². The summed E-state index contributed by atoms with van der Waals surface area (Å²) in [5.41, 5.74) is 4.57. The first-order valence-electron chi connectivity index (χ1n) is 37.2. The monoisotopic (exact) mass is 1620 g/mol. The molecule has 6 aliphatic heterocycles. The van der Waals surface area contributed by atoms with Gasteiger partial charge in [0.15, 0.2) is 11.4 Å². The zero-order valence-corrected chi connectivity index (χ0v) is 65.3. The summed E-state index contributed by atoms with van der Waals surface area (Å²) in [5, 5.41) is 14.9. The van der Waals surface area contributed by atoms with Crippen molar-refractivity contribution in [1.82, 2.24) is 29.9 Å². The number of aromatic amines is 1. The number of rotatable bonds is 17. The van der Waals surface area contributed by atoms with E-state index in [9.17, 15) is 63.9 Å². The van der Waals surface area contributed by atoms with Crippen LogP contribution in [0.15, 0.2) is 134 Å². The van der Waals surface area contributed by atoms with Gasteiger partial charge in [-0.15, -0.1) is 22.7 Å². The second-order valence-corrected chi connectivity index (χ2v) is 38.7. The minimum Gasteiger partial charge on any atom is -0.381 e. The van der Waals surface area contributed by atoms with Gasteiger partial charge >= 0.3 is 12.4 Å². The van der Waals surface area contributed by atoms with Crippen molar-refractivity contribution in [2.24, 2.45) is 10.8 Å². The summed E-state index contributed by atoms with van der Waals surface area (Å²) >= 11 is 2.12. The van der Waals surface area contributed by atoms with E-state index in [0.717, 1.165) is 129 Å². The summed E-state index contributed by atoms with van der Waals surface area (Å²) in [6, 6.07) is 30.0. The normalized spacial score (nSPS) is 16.3. The van der Waals surface area contributed by atoms with E-state index in [1.165, 1.54) is 46.2 Å². The molecule has 0 bridgehead atoms. The third-order valence-corrected chi connectivity index (χ3v) is 25.6. The largest absolute Gasteiger partial charge is 0.435 e. The van der Waals surface area contributed by atoms with Gasteiger partial charge in [-0.3, -0.25) is 33.9 Å². The Balaban J connectivity index is 0.000000181. The van der Waals surface area contributed by atoms with Crippen LogP contribution in [0.3, 0.4) is 0 Å². The summed E-state index contributed by atoms with van der Waals surface area (Å²) in [6.07, 6.45) is -1.45. The van der Waals surface area contributed by atoms with Crippen molar-refractivity contribution in [3.05, 3.63) is 222 Å². The van der Waals surface area contributed by atoms with E-state index >= 15 is 0 Å². The van der Waals surface area contributed by atoms with Gasteiger partial charge in [0.05, 0.1) is 32.3 Å². The number of carbonyl (C=O) groups excluding carboxylic acids is 6. The van der Waals surface area contributed by atoms with E-state index in [2.05, 4.69) is 65.3 Å². The average molecular weight is 1620 g/mol. The van der Waals surface area contributed by atoms with Gasteiger partial charge in [0.25, 0.3) is 23.6 Å². The number of nitrogens with zero attached hydrogens (tertiary/aromatic N) is 9. The van der Waals surface area contributed by atoms with Crippen molar-refractivity contribution in [2.75, 3.05) is 103 Å². The molecule has 4 saturated heterocycles. The smallest absolute Gasteiger partial charge is 0.381 e. The van der Waals surface area contributed by atoms with Crippen LogP contribution in [0.4, 0.5) is 69.5 Å². The van der Waals surface area contributed by atoms with Gasteiger partial charge in [0.1, 0.15) is 41.4 Å². The molecule has 6 aromatic heterocycles. The van der Waals surface area contributed by atoms with Crippen LogP contribution in [-0.2, 0) is 46.1 Å². The first-order chi connectivity index (χ1) is 54.3. The third kappa shape index (κ3) is 16.5. The van der Waals surface area contributed by atoms with E-state index in [-0.39, 0.29) is 75.7 Å². The highest BCUT2D eigenvalue weighted by atomic mass is 32.1. The molecule has 16 rings (SSSR count). The lowest BCUT2D eigenvalue weighted by molar-refractivity contribution is -0.142. The van der Waals surface area contributed by atoms with Gasteiger partial charge in [-0.25, -0.2) is 23.4 Å². The van der Waals surface area contributed by atoms with Crippen molar-refractivity contribution < 1.29 is 78.1 Å². The van der Waals surface area contributed by atoms with Crippen LogP contribution in [0.2, 0.25) is 25.7 Å². The molecule has 2 spiro atoms. The molecular weight excluding hydrogens is 1540 g/mol. The van der Waals surface area contributed by atoms with E-state index < -0.39 is 66.8 Å². The minimum absolute atomic E-state index is 0.125. The molecular formula is C82H78F8N12O9S2Si. The number of benzene rings is 4. The van der Waals surface area contributed by atoms with Crippen LogP contribution < -0.4 is 30.2 Å². The van der Waals surface area contributed by atoms with E-state index in [4.69, 9.17) is 14.2 Å². The van der Waals surface area contributed by atoms with Crippen molar-refractivity contribution in [3.63, 3.8) is 0 Å². The first kappa shape index (κ1) is 78.6. The number of hydrogen-bond acceptors (Lipinski definition) is 17. The van der Waals surface area contributed by atoms with Crippen LogP contribution in [0.25, 0.3) is 20.9 Å². The van der Waals surface area contributed by atoms with E-state index in [1.807, 2.05) is 26.0 Å². The molecule has 0 aliphatic carbocycles. The van der Waals surface area contributed by atoms with Crippen molar-refractivity contribution in [1.29, 1.82) is 0 Å². The highest BCUT2D eigenvalue weighted by Crippen LogP contribution is 2.48. The number of hydrogen-bond donors (Lipinski definition) is 3. The third-order valence-electron chi connectivity index (χ3n) is 21.5. The number of nitrogens with one attached hydrogen (secondary N) is 3. The number of thiophene rings is 2. The number of anilines is 6. The zero-order chi connectivity index (χ0) is 80.3. The maximum atomic E-state index is 14.9. The SMILES string of the molecule is Cc1cnc(N2CC3(CCOCC3)C2)c(C(=O)Nc2ccc(C(=O)N3CCc4cc(C(=O)c5cc(C(F)(F)F)n[nH]5)sc4-c4ccc(F)cc43)cc2)c1.Cc1cnc(N2CC3(CCOCC3)C2)c(C(=O)Nc2ccc(C(=O)N3CCc4cc(C(=O)c5cc(C(F)(F)F)nn5COCC[Si](C)(C)C)sc4-c4ccc(F)cc43)cc2)c1. The van der Waals surface area contributed by atoms with Crippen molar-refractivity contribution in [2.45, 2.75) is 97.1 Å². The number of amides is 4. The zero-order valence-electron chi connectivity index (χ0n) is 62.7. The predicted octanol–water partition coefficient (Wildman–Crippen LogP) is 16.4. The fourth-order valence-electron chi connectivity index (χ4n) is 15.2. The quantitative estimate of drug-likeness (QED) is 0.0332. The maximum Gasteiger partial charge on any atom is 0.435 e. The molecule has 114 heavy (non-hydrogen) atoms. The Morgan fingerprint density at radius 3 is 1.45 bits per heavy atom. The van der Waals surface area contributed by atoms with Crippen molar-refractivity contribution in [3.8, 4) is 20.9 Å². The van der Waals surface area contributed by atoms with Gasteiger partial charge in [-0.05, 0) is 196 Å². The molecule has 32 heteroatoms. The molecule has 4 amide bonds. The van der Waals surface area contributed by atoms with Crippen molar-refractivity contribution >= 4 is 100 Å². The molecule has 0 unspecified atom stereocenters. The Bertz CT molecular complexity index is 5400. The van der Waals surface area contributed by atoms with E-state index in [1.54, 1.807) is 73.1 Å². The van der Waals surface area contributed by atoms with Gasteiger partial charge in [0, 0.05) is 153 Å². The fourth-order valence-corrected chi connectivity index (χ4v) is 18.4. The number of ether oxygens (including phenoxy) is 3. The van der Waals surface area contributed by atoms with Gasteiger partial charge in [-0.2, -0.15) is 36.5 Å². The number of halogens is 8. The van der Waals surface area contributed by atoms with Gasteiger partial charge in [0.2, 0.25) is 11.6 Å². The second-order valence-electron chi connectivity index (χ2n) is 31.0. The molecule has 0 saturated carbocycles. The van der Waals surface area contributed by atoms with Crippen LogP contribution in [0, 0.1) is 36.3 Å². The highest BCUT2D eigenvalue weighted by molar-refractivity contribution is 7.18. The topological polar surface area (TPSA) is 239 Å². The van der Waals surface area contributed by atoms with Crippen LogP contribution in [0.1, 0.15) is 131 Å². The lowest BCUT2D eigenvalue weighted by Gasteiger charge is -2.53. The molecule has 10 aromatic rings. The molecule has 0 radical (unpaired) electrons. The summed E-state index contributed by atoms with van der Waals surface area (Å²) in [5.74, 6) is -2.65. The summed E-state index contributed by atoms with van der Waals surface area (Å²) in [4.78, 5) is 100. The summed E-state index contributed by atoms with van der Waals surface area (Å²) < 4.78 is 128. The van der Waals surface area contributed by atoms with Gasteiger partial charge < -0.3 is 44.4 Å². The lowest BCUT2D eigenvalue weighted by Crippen LogP contribution is -2.59. The molecule has 592 valence electrons. The Morgan fingerprint density at radius 1 is 0.570 bits per heavy atom. The Kier molecular flexibility index (Phi) is 21.6. The highest BCUT2D eigenvalue weighted by Gasteiger charge is 2.47. The number of aromatic nitrogens is 6. The average Bonchev–Trinajstić information content (AvgIpc) is 1.08. The Labute approximate surface area is 658 Å². The fraction of sp³-hybridized carbons (Fsp3) is 0.341. The summed E-state index contributed by atoms with van der Waals surface area (Å²) in [7, 11) is -1.48. The maximum absolute atomic E-state index is 14.9. The number of ketones is 2. The summed E-state index contributed by atoms with van der Waals surface area (Å²) in [6.45, 7) is 16.7. The number of pyridine rings is 2. The predicted molar refractivity (Wildman–Crippen MR) is 418 cm³/mol. The molecule has 4 fully saturated rings. The number of H-pyrrole nitrogens is 1. The number of aryl methyl sites for hydroxylation is 2. The standard InChI is InChI=1S/C44H46F4N6O5SSi.C38H32F4N6O4S/c1-27-19-33(40(49-23-27)52-24-43(25-52)12-15-58-16-13-43)41(56)50-31-8-5-28(6-9-31)42(57)53-14-11-29-20-36(60-39(29)32-10-7-30(45)21-34(32)53)38(55)35-22-37(44(46,47)48)51-54(35)26-59-17-18-61(2,3)4;1-21-14-27(34(43-18-21)47-19-37(20-47)9-12-52-13-10-37)35(50)44-25-5-2-22(3-6-25)36(51)48-11-8-23-15-30(32(49)28-17-31(46-45-28)38(40,41)42)53-33(23)26-7-4-24(39)16-29(26)48/h5-10,19-23H,11-18,24-26H2,1-4H3,(H,50,56);2-7,14-18H,8-13,19-20H2,1H3,(H,44,50)(H,45,46). The van der Waals surface area contributed by atoms with Crippen LogP contribution in [-0.4, -0.2) is 146 Å². The molecule has 0 atom stereocenters. The molecule has 12 heterocycles. The molecule has 6 aliphatic rings. The second kappa shape index (κ2) is 31.3. The number of carbonyl (C=O) groups is 6. The van der Waals surface area contributed by atoms with Crippen LogP contribution >= 0.6 is 22.7 Å². The number of alkyl halides is 6. The molecule has 3 N–H and O–H groups in total. The Morgan fingerprint density at radius 2 is 1.02 bits per heavy atom. The van der Waals surface area contributed by atoms with Gasteiger partial charge in [-0.1, -0.05) is 19.6 Å². The molecule has 4 aromatic carbocycles. The minimum atomic E-state index is -4.77. The van der Waals surface area contributed by atoms with E-state index in [0.29, 0.717) is 102 Å². The lowest BCUT2D eigenvalue weighted by atomic mass is 9.73. The number of fused-ring (bicyclic) bond motifs is 6. The first-order valence-corrected chi connectivity index (χ1v) is 42.5. The Hall–Kier alpha value is -10.6.